The highest BCUT2D eigenvalue weighted by Crippen LogP contribution is 2.42. The van der Waals surface area contributed by atoms with Crippen LogP contribution in [0.4, 0.5) is 5.69 Å². The minimum atomic E-state index is -0.204. The molecule has 0 saturated carbocycles. The number of carbonyl (C=O) groups is 1. The van der Waals surface area contributed by atoms with E-state index in [4.69, 9.17) is 0 Å². The minimum Gasteiger partial charge on any atom is -0.506 e. The van der Waals surface area contributed by atoms with Crippen LogP contribution in [0.15, 0.2) is 42.2 Å². The Hall–Kier alpha value is -0.630. The van der Waals surface area contributed by atoms with E-state index < -0.39 is 0 Å². The summed E-state index contributed by atoms with van der Waals surface area (Å²) in [6, 6.07) is 7.24. The summed E-state index contributed by atoms with van der Waals surface area (Å²) < 4.78 is 3.02. The maximum Gasteiger partial charge on any atom is 0.256 e. The van der Waals surface area contributed by atoms with Gasteiger partial charge in [0.2, 0.25) is 0 Å². The molecule has 0 radical (unpaired) electrons. The molecule has 0 saturated heterocycles. The van der Waals surface area contributed by atoms with Crippen molar-refractivity contribution in [3.63, 3.8) is 0 Å². The summed E-state index contributed by atoms with van der Waals surface area (Å²) in [6.45, 7) is 0. The molecule has 7 heteroatoms. The summed E-state index contributed by atoms with van der Waals surface area (Å²) in [6.07, 6.45) is 1.67. The van der Waals surface area contributed by atoms with Crippen LogP contribution in [-0.2, 0) is 4.79 Å². The maximum atomic E-state index is 12.3. The zero-order valence-electron chi connectivity index (χ0n) is 10.8. The molecule has 2 N–H and O–H groups in total. The largest absolute Gasteiger partial charge is 0.506 e. The van der Waals surface area contributed by atoms with E-state index in [0.29, 0.717) is 15.6 Å². The Labute approximate surface area is 160 Å². The molecule has 3 nitrogen and oxygen atoms in total. The quantitative estimate of drug-likeness (QED) is 0.431. The van der Waals surface area contributed by atoms with Crippen LogP contribution in [0.2, 0.25) is 0 Å². The van der Waals surface area contributed by atoms with Crippen molar-refractivity contribution in [2.75, 3.05) is 5.32 Å². The van der Waals surface area contributed by atoms with Crippen molar-refractivity contribution >= 4 is 87.0 Å². The average molecular weight is 553 g/mol. The Balaban J connectivity index is 2.21. The second-order valence-electron chi connectivity index (χ2n) is 4.65. The number of carbonyl (C=O) groups excluding carboxylic acids is 1. The van der Waals surface area contributed by atoms with E-state index >= 15 is 0 Å². The molecule has 1 amide bonds. The van der Waals surface area contributed by atoms with Gasteiger partial charge in [0.1, 0.15) is 5.75 Å². The van der Waals surface area contributed by atoms with Crippen molar-refractivity contribution in [3.8, 4) is 5.75 Å². The van der Waals surface area contributed by atoms with Gasteiger partial charge in [-0.25, -0.2) is 0 Å². The van der Waals surface area contributed by atoms with Crippen LogP contribution in [-0.4, -0.2) is 11.0 Å². The number of hydrogen-bond acceptors (Lipinski definition) is 2. The number of phenols is 1. The van der Waals surface area contributed by atoms with Gasteiger partial charge in [0.05, 0.1) is 10.2 Å². The number of phenolic OH excluding ortho intramolecular Hbond substituents is 1. The van der Waals surface area contributed by atoms with Crippen molar-refractivity contribution in [1.82, 2.24) is 0 Å². The first kappa shape index (κ1) is 16.2. The molecule has 112 valence electrons. The summed E-state index contributed by atoms with van der Waals surface area (Å²) in [5, 5.41) is 13.0. The van der Waals surface area contributed by atoms with Crippen molar-refractivity contribution < 1.29 is 9.90 Å². The molecule has 0 unspecified atom stereocenters. The molecule has 3 rings (SSSR count). The molecule has 0 bridgehead atoms. The number of amides is 1. The molecule has 0 spiro atoms. The molecule has 1 aliphatic heterocycles. The van der Waals surface area contributed by atoms with E-state index in [9.17, 15) is 9.90 Å². The van der Waals surface area contributed by atoms with Crippen molar-refractivity contribution in [2.24, 2.45) is 0 Å². The number of nitrogens with one attached hydrogen (secondary N) is 1. The van der Waals surface area contributed by atoms with E-state index in [2.05, 4.69) is 69.0 Å². The average Bonchev–Trinajstić information content (AvgIpc) is 2.73. The topological polar surface area (TPSA) is 49.3 Å². The molecule has 2 aromatic rings. The number of halogens is 4. The molecular formula is C15H7Br4NO2. The van der Waals surface area contributed by atoms with Crippen molar-refractivity contribution in [1.29, 1.82) is 0 Å². The summed E-state index contributed by atoms with van der Waals surface area (Å²) in [5.41, 5.74) is 2.56. The first-order chi connectivity index (χ1) is 10.4. The Morgan fingerprint density at radius 3 is 2.32 bits per heavy atom. The van der Waals surface area contributed by atoms with E-state index in [-0.39, 0.29) is 11.7 Å². The zero-order chi connectivity index (χ0) is 16.0. The number of aromatic hydroxyl groups is 1. The van der Waals surface area contributed by atoms with Gasteiger partial charge in [0.15, 0.2) is 0 Å². The molecule has 0 fully saturated rings. The van der Waals surface area contributed by atoms with Gasteiger partial charge in [0, 0.05) is 30.1 Å². The molecule has 22 heavy (non-hydrogen) atoms. The fourth-order valence-electron chi connectivity index (χ4n) is 2.21. The van der Waals surface area contributed by atoms with Gasteiger partial charge in [-0.2, -0.15) is 0 Å². The van der Waals surface area contributed by atoms with Crippen molar-refractivity contribution in [2.45, 2.75) is 0 Å². The van der Waals surface area contributed by atoms with Crippen LogP contribution >= 0.6 is 63.7 Å². The Morgan fingerprint density at radius 1 is 0.955 bits per heavy atom. The first-order valence-electron chi connectivity index (χ1n) is 6.07. The lowest BCUT2D eigenvalue weighted by Crippen LogP contribution is -2.03. The number of benzene rings is 2. The Morgan fingerprint density at radius 2 is 1.59 bits per heavy atom. The summed E-state index contributed by atoms with van der Waals surface area (Å²) in [5.74, 6) is -0.115. The van der Waals surface area contributed by atoms with Gasteiger partial charge >= 0.3 is 0 Å². The lowest BCUT2D eigenvalue weighted by molar-refractivity contribution is -0.110. The Kier molecular flexibility index (Phi) is 4.51. The van der Waals surface area contributed by atoms with Crippen LogP contribution in [0, 0.1) is 0 Å². The standard InChI is InChI=1S/C15H7Br4NO2/c16-7-1-6(14(21)12(19)5-7)2-10-9-3-8(17)4-11(18)13(9)20-15(10)22/h1-5,21H,(H,20,22). The maximum absolute atomic E-state index is 12.3. The van der Waals surface area contributed by atoms with Gasteiger partial charge < -0.3 is 10.4 Å². The highest BCUT2D eigenvalue weighted by molar-refractivity contribution is 9.11. The second-order valence-corrected chi connectivity index (χ2v) is 8.19. The normalized spacial score (nSPS) is 15.1. The summed E-state index contributed by atoms with van der Waals surface area (Å²) in [7, 11) is 0. The van der Waals surface area contributed by atoms with Gasteiger partial charge in [-0.1, -0.05) is 31.9 Å². The van der Waals surface area contributed by atoms with Gasteiger partial charge in [-0.3, -0.25) is 4.79 Å². The lowest BCUT2D eigenvalue weighted by atomic mass is 10.0. The van der Waals surface area contributed by atoms with E-state index in [1.807, 2.05) is 12.1 Å². The molecule has 0 atom stereocenters. The van der Waals surface area contributed by atoms with Crippen LogP contribution < -0.4 is 5.32 Å². The zero-order valence-corrected chi connectivity index (χ0v) is 17.1. The van der Waals surface area contributed by atoms with Gasteiger partial charge in [0.25, 0.3) is 5.91 Å². The van der Waals surface area contributed by atoms with Crippen LogP contribution in [0.1, 0.15) is 11.1 Å². The third kappa shape index (κ3) is 2.91. The Bertz CT molecular complexity index is 846. The van der Waals surface area contributed by atoms with Gasteiger partial charge in [-0.15, -0.1) is 0 Å². The lowest BCUT2D eigenvalue weighted by Gasteiger charge is -2.05. The molecule has 1 aliphatic rings. The first-order valence-corrected chi connectivity index (χ1v) is 9.24. The molecule has 0 aromatic heterocycles. The van der Waals surface area contributed by atoms with Gasteiger partial charge in [-0.05, 0) is 62.2 Å². The highest BCUT2D eigenvalue weighted by atomic mass is 79.9. The molecule has 1 heterocycles. The number of anilines is 1. The van der Waals surface area contributed by atoms with E-state index in [1.165, 1.54) is 0 Å². The van der Waals surface area contributed by atoms with Crippen LogP contribution in [0.3, 0.4) is 0 Å². The monoisotopic (exact) mass is 549 g/mol. The third-order valence-electron chi connectivity index (χ3n) is 3.19. The molecule has 2 aromatic carbocycles. The number of hydrogen-bond donors (Lipinski definition) is 2. The van der Waals surface area contributed by atoms with Crippen LogP contribution in [0.25, 0.3) is 11.6 Å². The minimum absolute atomic E-state index is 0.0889. The summed E-state index contributed by atoms with van der Waals surface area (Å²) in [4.78, 5) is 12.3. The molecule has 0 aliphatic carbocycles. The van der Waals surface area contributed by atoms with Crippen molar-refractivity contribution in [3.05, 3.63) is 53.3 Å². The summed E-state index contributed by atoms with van der Waals surface area (Å²) >= 11 is 13.5. The van der Waals surface area contributed by atoms with Crippen LogP contribution in [0.5, 0.6) is 5.75 Å². The smallest absolute Gasteiger partial charge is 0.256 e. The number of rotatable bonds is 1. The fourth-order valence-corrected chi connectivity index (χ4v) is 4.79. The predicted octanol–water partition coefficient (Wildman–Crippen LogP) is 5.93. The van der Waals surface area contributed by atoms with E-state index in [0.717, 1.165) is 24.7 Å². The SMILES string of the molecule is O=C1Nc2c(Br)cc(Br)cc2C1=Cc1cc(Br)cc(Br)c1O. The van der Waals surface area contributed by atoms with E-state index in [1.54, 1.807) is 18.2 Å². The predicted molar refractivity (Wildman–Crippen MR) is 102 cm³/mol. The second kappa shape index (κ2) is 6.11. The third-order valence-corrected chi connectivity index (χ3v) is 5.33. The highest BCUT2D eigenvalue weighted by Gasteiger charge is 2.27. The molecular weight excluding hydrogens is 546 g/mol. The fraction of sp³-hybridized carbons (Fsp3) is 0. The number of fused-ring (bicyclic) bond motifs is 1.